The van der Waals surface area contributed by atoms with Crippen molar-refractivity contribution in [3.63, 3.8) is 0 Å². The zero-order chi connectivity index (χ0) is 14.3. The normalized spacial score (nSPS) is 11.8. The van der Waals surface area contributed by atoms with Crippen molar-refractivity contribution in [2.24, 2.45) is 0 Å². The smallest absolute Gasteiger partial charge is 0.201 e. The molecule has 0 aromatic heterocycles. The van der Waals surface area contributed by atoms with Crippen molar-refractivity contribution in [2.45, 2.75) is 13.3 Å². The summed E-state index contributed by atoms with van der Waals surface area (Å²) in [5, 5.41) is 17.5. The van der Waals surface area contributed by atoms with Crippen molar-refractivity contribution >= 4 is 11.5 Å². The van der Waals surface area contributed by atoms with E-state index in [0.29, 0.717) is 12.7 Å². The molecular weight excluding hydrogens is 240 g/mol. The highest BCUT2D eigenvalue weighted by Crippen LogP contribution is 2.19. The molecule has 0 saturated carbocycles. The first-order valence-electron chi connectivity index (χ1n) is 5.92. The van der Waals surface area contributed by atoms with E-state index in [1.807, 2.05) is 49.2 Å². The summed E-state index contributed by atoms with van der Waals surface area (Å²) in [5.41, 5.74) is 1.45. The van der Waals surface area contributed by atoms with Gasteiger partial charge in [0.25, 0.3) is 0 Å². The van der Waals surface area contributed by atoms with Crippen molar-refractivity contribution in [2.75, 3.05) is 11.9 Å². The molecule has 0 amide bonds. The van der Waals surface area contributed by atoms with Gasteiger partial charge in [0.1, 0.15) is 17.9 Å². The topological polar surface area (TPSA) is 64.3 Å². The molecule has 0 aliphatic rings. The van der Waals surface area contributed by atoms with E-state index in [9.17, 15) is 4.79 Å². The molecule has 4 nitrogen and oxygen atoms in total. The zero-order valence-electron chi connectivity index (χ0n) is 11.0. The van der Waals surface area contributed by atoms with Crippen LogP contribution in [0.25, 0.3) is 0 Å². The maximum Gasteiger partial charge on any atom is 0.201 e. The van der Waals surface area contributed by atoms with E-state index >= 15 is 0 Å². The SMILES string of the molecule is CC/C(=C/C(=O)C(C#N)=CO)N(C)c1ccccc1. The molecule has 0 atom stereocenters. The number of aliphatic hydroxyl groups is 1. The number of hydrogen-bond donors (Lipinski definition) is 1. The van der Waals surface area contributed by atoms with Crippen LogP contribution in [-0.4, -0.2) is 17.9 Å². The van der Waals surface area contributed by atoms with Crippen LogP contribution in [0.2, 0.25) is 0 Å². The molecule has 0 aliphatic heterocycles. The fourth-order valence-electron chi connectivity index (χ4n) is 1.63. The third-order valence-corrected chi connectivity index (χ3v) is 2.75. The summed E-state index contributed by atoms with van der Waals surface area (Å²) in [5.74, 6) is -0.496. The predicted octanol–water partition coefficient (Wildman–Crippen LogP) is 2.95. The standard InChI is InChI=1S/C15H16N2O2/c1-3-13(9-15(19)12(10-16)11-18)17(2)14-7-5-4-6-8-14/h4-9,11,18H,3H2,1-2H3/b12-11?,13-9-. The first-order chi connectivity index (χ1) is 9.13. The Kier molecular flexibility index (Phi) is 5.36. The van der Waals surface area contributed by atoms with E-state index in [1.165, 1.54) is 6.08 Å². The molecule has 98 valence electrons. The Bertz CT molecular complexity index is 539. The molecule has 0 bridgehead atoms. The molecule has 0 heterocycles. The molecule has 1 N–H and O–H groups in total. The number of aliphatic hydroxyl groups excluding tert-OH is 1. The van der Waals surface area contributed by atoms with Gasteiger partial charge in [0.15, 0.2) is 0 Å². The maximum absolute atomic E-state index is 11.8. The first kappa shape index (κ1) is 14.5. The van der Waals surface area contributed by atoms with Crippen molar-refractivity contribution < 1.29 is 9.90 Å². The number of benzene rings is 1. The molecule has 1 aromatic rings. The number of anilines is 1. The van der Waals surface area contributed by atoms with Crippen LogP contribution in [-0.2, 0) is 4.79 Å². The third kappa shape index (κ3) is 3.71. The van der Waals surface area contributed by atoms with Gasteiger partial charge < -0.3 is 10.0 Å². The van der Waals surface area contributed by atoms with Gasteiger partial charge in [-0.25, -0.2) is 0 Å². The fraction of sp³-hybridized carbons (Fsp3) is 0.200. The number of para-hydroxylation sites is 1. The molecule has 1 rings (SSSR count). The van der Waals surface area contributed by atoms with Crippen LogP contribution in [0, 0.1) is 11.3 Å². The van der Waals surface area contributed by atoms with Gasteiger partial charge in [0, 0.05) is 24.5 Å². The number of carbonyl (C=O) groups excluding carboxylic acids is 1. The Labute approximate surface area is 112 Å². The lowest BCUT2D eigenvalue weighted by atomic mass is 10.1. The van der Waals surface area contributed by atoms with Crippen LogP contribution in [0.4, 0.5) is 5.69 Å². The Hall–Kier alpha value is -2.54. The van der Waals surface area contributed by atoms with Crippen molar-refractivity contribution in [3.05, 3.63) is 53.9 Å². The minimum Gasteiger partial charge on any atom is -0.514 e. The molecule has 0 fully saturated rings. The second-order valence-electron chi connectivity index (χ2n) is 3.90. The Morgan fingerprint density at radius 2 is 2.05 bits per heavy atom. The quantitative estimate of drug-likeness (QED) is 0.499. The molecule has 19 heavy (non-hydrogen) atoms. The first-order valence-corrected chi connectivity index (χ1v) is 5.92. The minimum absolute atomic E-state index is 0.271. The van der Waals surface area contributed by atoms with Gasteiger partial charge in [0.2, 0.25) is 5.78 Å². The number of nitriles is 1. The number of carbonyl (C=O) groups is 1. The summed E-state index contributed by atoms with van der Waals surface area (Å²) in [6, 6.07) is 11.3. The van der Waals surface area contributed by atoms with Crippen LogP contribution in [0.1, 0.15) is 13.3 Å². The van der Waals surface area contributed by atoms with E-state index in [2.05, 4.69) is 0 Å². The van der Waals surface area contributed by atoms with Gasteiger partial charge in [-0.2, -0.15) is 5.26 Å². The van der Waals surface area contributed by atoms with Gasteiger partial charge in [-0.05, 0) is 18.6 Å². The second-order valence-corrected chi connectivity index (χ2v) is 3.90. The Balaban J connectivity index is 3.02. The third-order valence-electron chi connectivity index (χ3n) is 2.75. The largest absolute Gasteiger partial charge is 0.514 e. The average molecular weight is 256 g/mol. The highest BCUT2D eigenvalue weighted by atomic mass is 16.2. The molecule has 4 heteroatoms. The summed E-state index contributed by atoms with van der Waals surface area (Å²) in [4.78, 5) is 13.6. The van der Waals surface area contributed by atoms with Gasteiger partial charge in [0.05, 0.1) is 0 Å². The fourth-order valence-corrected chi connectivity index (χ4v) is 1.63. The van der Waals surface area contributed by atoms with E-state index in [0.717, 1.165) is 11.4 Å². The Morgan fingerprint density at radius 1 is 1.42 bits per heavy atom. The summed E-state index contributed by atoms with van der Waals surface area (Å²) < 4.78 is 0. The second kappa shape index (κ2) is 7.02. The molecular formula is C15H16N2O2. The number of nitrogens with zero attached hydrogens (tertiary/aromatic N) is 2. The van der Waals surface area contributed by atoms with Gasteiger partial charge in [-0.15, -0.1) is 0 Å². The highest BCUT2D eigenvalue weighted by molar-refractivity contribution is 6.07. The van der Waals surface area contributed by atoms with Crippen molar-refractivity contribution in [3.8, 4) is 6.07 Å². The van der Waals surface area contributed by atoms with Gasteiger partial charge in [-0.1, -0.05) is 25.1 Å². The molecule has 0 aliphatic carbocycles. The summed E-state index contributed by atoms with van der Waals surface area (Å²) in [7, 11) is 1.85. The van der Waals surface area contributed by atoms with Crippen molar-refractivity contribution in [1.29, 1.82) is 5.26 Å². The Morgan fingerprint density at radius 3 is 2.53 bits per heavy atom. The van der Waals surface area contributed by atoms with Gasteiger partial charge >= 0.3 is 0 Å². The maximum atomic E-state index is 11.8. The predicted molar refractivity (Wildman–Crippen MR) is 74.6 cm³/mol. The van der Waals surface area contributed by atoms with Gasteiger partial charge in [-0.3, -0.25) is 4.79 Å². The molecule has 0 spiro atoms. The summed E-state index contributed by atoms with van der Waals surface area (Å²) >= 11 is 0. The van der Waals surface area contributed by atoms with E-state index in [-0.39, 0.29) is 5.57 Å². The van der Waals surface area contributed by atoms with Crippen LogP contribution < -0.4 is 4.90 Å². The number of rotatable bonds is 5. The van der Waals surface area contributed by atoms with Crippen LogP contribution in [0.5, 0.6) is 0 Å². The van der Waals surface area contributed by atoms with Crippen molar-refractivity contribution in [1.82, 2.24) is 0 Å². The molecule has 0 radical (unpaired) electrons. The van der Waals surface area contributed by atoms with E-state index in [4.69, 9.17) is 10.4 Å². The van der Waals surface area contributed by atoms with Crippen LogP contribution in [0.15, 0.2) is 53.9 Å². The van der Waals surface area contributed by atoms with Crippen LogP contribution in [0.3, 0.4) is 0 Å². The molecule has 0 saturated heterocycles. The van der Waals surface area contributed by atoms with Crippen LogP contribution >= 0.6 is 0 Å². The molecule has 0 unspecified atom stereocenters. The monoisotopic (exact) mass is 256 g/mol. The lowest BCUT2D eigenvalue weighted by Crippen LogP contribution is -2.17. The number of ketones is 1. The summed E-state index contributed by atoms with van der Waals surface area (Å²) in [6.07, 6.45) is 2.55. The lowest BCUT2D eigenvalue weighted by molar-refractivity contribution is -0.111. The lowest BCUT2D eigenvalue weighted by Gasteiger charge is -2.21. The minimum atomic E-state index is -0.496. The number of allylic oxidation sites excluding steroid dienone is 3. The summed E-state index contributed by atoms with van der Waals surface area (Å²) in [6.45, 7) is 1.92. The molecule has 1 aromatic carbocycles. The van der Waals surface area contributed by atoms with E-state index < -0.39 is 5.78 Å². The zero-order valence-corrected chi connectivity index (χ0v) is 11.0. The van der Waals surface area contributed by atoms with E-state index in [1.54, 1.807) is 6.07 Å². The number of hydrogen-bond acceptors (Lipinski definition) is 4. The average Bonchev–Trinajstić information content (AvgIpc) is 2.46. The highest BCUT2D eigenvalue weighted by Gasteiger charge is 2.11.